The summed E-state index contributed by atoms with van der Waals surface area (Å²) in [4.78, 5) is 19.6. The van der Waals surface area contributed by atoms with Crippen LogP contribution < -0.4 is 11.1 Å². The predicted octanol–water partition coefficient (Wildman–Crippen LogP) is 3.13. The topological polar surface area (TPSA) is 80.5 Å². The minimum atomic E-state index is -0.103. The van der Waals surface area contributed by atoms with Crippen molar-refractivity contribution in [3.63, 3.8) is 0 Å². The molecule has 2 aromatic rings. The third-order valence-corrected chi connectivity index (χ3v) is 6.70. The van der Waals surface area contributed by atoms with Gasteiger partial charge in [0.05, 0.1) is 18.8 Å². The van der Waals surface area contributed by atoms with Crippen LogP contribution >= 0.6 is 11.3 Å². The molecule has 1 aromatic carbocycles. The van der Waals surface area contributed by atoms with Crippen LogP contribution in [-0.2, 0) is 4.74 Å². The molecule has 2 aliphatic heterocycles. The first-order valence-electron chi connectivity index (χ1n) is 10.4. The Bertz CT molecular complexity index is 825. The van der Waals surface area contributed by atoms with Crippen LogP contribution in [0.1, 0.15) is 59.9 Å². The molecule has 2 aliphatic rings. The van der Waals surface area contributed by atoms with Crippen molar-refractivity contribution in [2.45, 2.75) is 50.9 Å². The van der Waals surface area contributed by atoms with Crippen LogP contribution in [0.3, 0.4) is 0 Å². The molecule has 2 saturated heterocycles. The highest BCUT2D eigenvalue weighted by molar-refractivity contribution is 7.09. The largest absolute Gasteiger partial charge is 0.371 e. The Hall–Kier alpha value is -1.80. The highest BCUT2D eigenvalue weighted by Crippen LogP contribution is 2.30. The zero-order chi connectivity index (χ0) is 20.4. The van der Waals surface area contributed by atoms with Crippen molar-refractivity contribution < 1.29 is 9.53 Å². The van der Waals surface area contributed by atoms with Crippen molar-refractivity contribution >= 4 is 17.2 Å². The fraction of sp³-hybridized carbons (Fsp3) is 0.545. The summed E-state index contributed by atoms with van der Waals surface area (Å²) < 4.78 is 6.10. The number of carbonyl (C=O) groups is 1. The van der Waals surface area contributed by atoms with Gasteiger partial charge in [0.15, 0.2) is 0 Å². The number of hydrogen-bond donors (Lipinski definition) is 2. The summed E-state index contributed by atoms with van der Waals surface area (Å²) in [7, 11) is 0. The zero-order valence-corrected chi connectivity index (χ0v) is 17.9. The van der Waals surface area contributed by atoms with Gasteiger partial charge in [0.25, 0.3) is 5.91 Å². The van der Waals surface area contributed by atoms with Crippen LogP contribution in [-0.4, -0.2) is 47.6 Å². The minimum absolute atomic E-state index is 0.102. The van der Waals surface area contributed by atoms with Gasteiger partial charge in [-0.25, -0.2) is 4.98 Å². The van der Waals surface area contributed by atoms with E-state index in [0.29, 0.717) is 24.3 Å². The Morgan fingerprint density at radius 3 is 2.90 bits per heavy atom. The predicted molar refractivity (Wildman–Crippen MR) is 115 cm³/mol. The number of nitrogens with one attached hydrogen (secondary N) is 1. The molecule has 0 unspecified atom stereocenters. The van der Waals surface area contributed by atoms with E-state index in [1.54, 1.807) is 0 Å². The Morgan fingerprint density at radius 1 is 1.34 bits per heavy atom. The van der Waals surface area contributed by atoms with Gasteiger partial charge in [-0.1, -0.05) is 44.2 Å². The molecule has 0 spiro atoms. The summed E-state index contributed by atoms with van der Waals surface area (Å²) in [5.41, 5.74) is 7.90. The molecule has 3 N–H and O–H groups in total. The van der Waals surface area contributed by atoms with E-state index >= 15 is 0 Å². The number of aromatic nitrogens is 1. The van der Waals surface area contributed by atoms with E-state index in [2.05, 4.69) is 41.2 Å². The lowest BCUT2D eigenvalue weighted by molar-refractivity contribution is -0.0502. The van der Waals surface area contributed by atoms with E-state index in [1.165, 1.54) is 16.9 Å². The Balaban J connectivity index is 1.32. The standard InChI is InChI=1S/C22H30N4O2S/c1-14(2)8-18(23)22-25-19(13-29-22)21(27)24-16-9-17-12-28-20(11-26(17)10-16)15-6-4-3-5-7-15/h3-7,13-14,16-18,20H,8-12,23H2,1-2H3,(H,24,27)/t16-,17-,18-,20+/m0/s1. The monoisotopic (exact) mass is 414 g/mol. The SMILES string of the molecule is CC(C)C[C@H](N)c1nc(C(=O)N[C@H]2C[C@H]3CO[C@@H](c4ccccc4)CN3C2)cs1. The molecule has 0 bridgehead atoms. The van der Waals surface area contributed by atoms with Crippen LogP contribution in [0.2, 0.25) is 0 Å². The average Bonchev–Trinajstić information content (AvgIpc) is 3.34. The second-order valence-corrected chi connectivity index (χ2v) is 9.44. The summed E-state index contributed by atoms with van der Waals surface area (Å²) in [6.45, 7) is 6.71. The maximum absolute atomic E-state index is 12.7. The smallest absolute Gasteiger partial charge is 0.271 e. The fourth-order valence-electron chi connectivity index (χ4n) is 4.28. The highest BCUT2D eigenvalue weighted by Gasteiger charge is 2.38. The van der Waals surface area contributed by atoms with Crippen LogP contribution in [0, 0.1) is 5.92 Å². The molecular formula is C22H30N4O2S. The molecular weight excluding hydrogens is 384 g/mol. The van der Waals surface area contributed by atoms with E-state index in [9.17, 15) is 4.79 Å². The lowest BCUT2D eigenvalue weighted by atomic mass is 10.1. The van der Waals surface area contributed by atoms with Gasteiger partial charge in [0.1, 0.15) is 10.7 Å². The number of amides is 1. The van der Waals surface area contributed by atoms with Crippen molar-refractivity contribution in [2.75, 3.05) is 19.7 Å². The van der Waals surface area contributed by atoms with Gasteiger partial charge in [-0.2, -0.15) is 0 Å². The summed E-state index contributed by atoms with van der Waals surface area (Å²) in [6.07, 6.45) is 1.89. The number of nitrogens with two attached hydrogens (primary N) is 1. The second kappa shape index (κ2) is 8.92. The lowest BCUT2D eigenvalue weighted by Gasteiger charge is -2.35. The Morgan fingerprint density at radius 2 is 2.14 bits per heavy atom. The van der Waals surface area contributed by atoms with Gasteiger partial charge >= 0.3 is 0 Å². The molecule has 3 heterocycles. The molecule has 0 radical (unpaired) electrons. The van der Waals surface area contributed by atoms with Crippen molar-refractivity contribution in [1.82, 2.24) is 15.2 Å². The Labute approximate surface area is 176 Å². The molecule has 1 amide bonds. The van der Waals surface area contributed by atoms with Gasteiger partial charge in [-0.05, 0) is 24.3 Å². The molecule has 0 saturated carbocycles. The first-order chi connectivity index (χ1) is 14.0. The number of rotatable bonds is 6. The van der Waals surface area contributed by atoms with E-state index in [1.807, 2.05) is 23.6 Å². The number of hydrogen-bond acceptors (Lipinski definition) is 6. The number of fused-ring (bicyclic) bond motifs is 1. The third-order valence-electron chi connectivity index (χ3n) is 5.72. The van der Waals surface area contributed by atoms with E-state index in [4.69, 9.17) is 10.5 Å². The molecule has 2 fully saturated rings. The van der Waals surface area contributed by atoms with Gasteiger partial charge in [-0.3, -0.25) is 9.69 Å². The van der Waals surface area contributed by atoms with Crippen molar-refractivity contribution in [1.29, 1.82) is 0 Å². The van der Waals surface area contributed by atoms with Crippen LogP contribution in [0.4, 0.5) is 0 Å². The first-order valence-corrected chi connectivity index (χ1v) is 11.3. The second-order valence-electron chi connectivity index (χ2n) is 8.55. The molecule has 6 nitrogen and oxygen atoms in total. The van der Waals surface area contributed by atoms with Crippen LogP contribution in [0.5, 0.6) is 0 Å². The number of nitrogens with zero attached hydrogens (tertiary/aromatic N) is 2. The van der Waals surface area contributed by atoms with Gasteiger partial charge in [0.2, 0.25) is 0 Å². The van der Waals surface area contributed by atoms with E-state index in [0.717, 1.165) is 30.9 Å². The molecule has 0 aliphatic carbocycles. The van der Waals surface area contributed by atoms with Crippen LogP contribution in [0.25, 0.3) is 0 Å². The zero-order valence-electron chi connectivity index (χ0n) is 17.1. The summed E-state index contributed by atoms with van der Waals surface area (Å²) in [5, 5.41) is 5.83. The molecule has 4 rings (SSSR count). The minimum Gasteiger partial charge on any atom is -0.371 e. The lowest BCUT2D eigenvalue weighted by Crippen LogP contribution is -2.43. The maximum atomic E-state index is 12.7. The summed E-state index contributed by atoms with van der Waals surface area (Å²) in [5.74, 6) is 0.401. The van der Waals surface area contributed by atoms with E-state index < -0.39 is 0 Å². The normalized spacial score (nSPS) is 25.7. The number of thiazole rings is 1. The summed E-state index contributed by atoms with van der Waals surface area (Å²) >= 11 is 1.48. The molecule has 29 heavy (non-hydrogen) atoms. The van der Waals surface area contributed by atoms with Crippen molar-refractivity contribution in [3.8, 4) is 0 Å². The number of benzene rings is 1. The van der Waals surface area contributed by atoms with Gasteiger partial charge in [-0.15, -0.1) is 11.3 Å². The molecule has 7 heteroatoms. The van der Waals surface area contributed by atoms with E-state index in [-0.39, 0.29) is 24.1 Å². The third kappa shape index (κ3) is 4.86. The molecule has 1 aromatic heterocycles. The Kier molecular flexibility index (Phi) is 6.29. The van der Waals surface area contributed by atoms with Gasteiger partial charge in [0, 0.05) is 30.6 Å². The number of ether oxygens (including phenoxy) is 1. The quantitative estimate of drug-likeness (QED) is 0.759. The first kappa shape index (κ1) is 20.5. The van der Waals surface area contributed by atoms with Crippen molar-refractivity contribution in [2.24, 2.45) is 11.7 Å². The number of morpholine rings is 1. The highest BCUT2D eigenvalue weighted by atomic mass is 32.1. The van der Waals surface area contributed by atoms with Gasteiger partial charge < -0.3 is 15.8 Å². The van der Waals surface area contributed by atoms with Crippen molar-refractivity contribution in [3.05, 3.63) is 52.0 Å². The maximum Gasteiger partial charge on any atom is 0.271 e. The fourth-order valence-corrected chi connectivity index (χ4v) is 5.09. The molecule has 156 valence electrons. The average molecular weight is 415 g/mol. The van der Waals surface area contributed by atoms with Crippen LogP contribution in [0.15, 0.2) is 35.7 Å². The summed E-state index contributed by atoms with van der Waals surface area (Å²) in [6, 6.07) is 10.7. The molecule has 4 atom stereocenters. The number of carbonyl (C=O) groups excluding carboxylic acids is 1.